The maximum Gasteiger partial charge on any atom is 0.409 e. The summed E-state index contributed by atoms with van der Waals surface area (Å²) in [4.78, 5) is 29.2. The van der Waals surface area contributed by atoms with Crippen molar-refractivity contribution >= 4 is 22.9 Å². The van der Waals surface area contributed by atoms with Crippen molar-refractivity contribution in [1.82, 2.24) is 14.4 Å². The molecule has 1 aromatic heterocycles. The Kier molecular flexibility index (Phi) is 7.21. The topological polar surface area (TPSA) is 64.0 Å². The quantitative estimate of drug-likeness (QED) is 0.487. The van der Waals surface area contributed by atoms with Gasteiger partial charge in [-0.2, -0.15) is 0 Å². The lowest BCUT2D eigenvalue weighted by Gasteiger charge is -2.34. The third kappa shape index (κ3) is 4.78. The normalized spacial score (nSPS) is 13.7. The van der Waals surface area contributed by atoms with Gasteiger partial charge < -0.3 is 23.8 Å². The highest BCUT2D eigenvalue weighted by Crippen LogP contribution is 2.31. The first-order chi connectivity index (χ1) is 16.5. The molecule has 0 spiro atoms. The second kappa shape index (κ2) is 10.5. The van der Waals surface area contributed by atoms with Crippen molar-refractivity contribution in [2.75, 3.05) is 39.4 Å². The molecule has 0 bridgehead atoms. The van der Waals surface area contributed by atoms with Crippen molar-refractivity contribution in [2.45, 2.75) is 20.4 Å². The van der Waals surface area contributed by atoms with E-state index < -0.39 is 0 Å². The molecule has 0 aliphatic carbocycles. The van der Waals surface area contributed by atoms with Crippen molar-refractivity contribution in [3.63, 3.8) is 0 Å². The Morgan fingerprint density at radius 1 is 1.03 bits per heavy atom. The van der Waals surface area contributed by atoms with Gasteiger partial charge in [0, 0.05) is 38.1 Å². The number of carbonyl (C=O) groups is 2. The number of fused-ring (bicyclic) bond motifs is 1. The van der Waals surface area contributed by atoms with Crippen molar-refractivity contribution in [3.8, 4) is 5.75 Å². The summed E-state index contributed by atoms with van der Waals surface area (Å²) < 4.78 is 13.1. The number of hydrogen-bond donors (Lipinski definition) is 0. The summed E-state index contributed by atoms with van der Waals surface area (Å²) in [5.41, 5.74) is 3.87. The van der Waals surface area contributed by atoms with E-state index in [1.165, 1.54) is 5.56 Å². The zero-order chi connectivity index (χ0) is 24.1. The smallest absolute Gasteiger partial charge is 0.409 e. The molecular weight excluding hydrogens is 430 g/mol. The summed E-state index contributed by atoms with van der Waals surface area (Å²) in [6, 6.07) is 16.0. The second-order valence-electron chi connectivity index (χ2n) is 8.31. The average Bonchev–Trinajstić information content (AvgIpc) is 3.23. The molecule has 1 aliphatic heterocycles. The van der Waals surface area contributed by atoms with Gasteiger partial charge in [-0.1, -0.05) is 43.0 Å². The van der Waals surface area contributed by atoms with E-state index in [2.05, 4.69) is 30.2 Å². The van der Waals surface area contributed by atoms with Crippen LogP contribution in [0.3, 0.4) is 0 Å². The first kappa shape index (κ1) is 23.4. The van der Waals surface area contributed by atoms with Crippen LogP contribution < -0.4 is 4.74 Å². The predicted molar refractivity (Wildman–Crippen MR) is 132 cm³/mol. The van der Waals surface area contributed by atoms with Gasteiger partial charge in [-0.15, -0.1) is 0 Å². The maximum atomic E-state index is 13.7. The Labute approximate surface area is 200 Å². The van der Waals surface area contributed by atoms with Crippen LogP contribution in [0.15, 0.2) is 61.2 Å². The van der Waals surface area contributed by atoms with Crippen LogP contribution in [0, 0.1) is 6.92 Å². The molecule has 34 heavy (non-hydrogen) atoms. The van der Waals surface area contributed by atoms with Crippen LogP contribution in [0.1, 0.15) is 28.5 Å². The molecule has 2 heterocycles. The van der Waals surface area contributed by atoms with E-state index >= 15 is 0 Å². The highest BCUT2D eigenvalue weighted by molar-refractivity contribution is 6.00. The fraction of sp³-hybridized carbons (Fsp3) is 0.333. The van der Waals surface area contributed by atoms with Crippen LogP contribution in [0.4, 0.5) is 4.79 Å². The fourth-order valence-electron chi connectivity index (χ4n) is 4.31. The van der Waals surface area contributed by atoms with Gasteiger partial charge >= 0.3 is 6.09 Å². The SMILES string of the molecule is C=CCOc1cccc2c1cc(C(=O)N1CCN(C(=O)OCC)CC1)n2Cc1ccccc1C. The van der Waals surface area contributed by atoms with E-state index in [0.717, 1.165) is 22.2 Å². The Morgan fingerprint density at radius 3 is 2.47 bits per heavy atom. The molecule has 0 unspecified atom stereocenters. The molecule has 0 radical (unpaired) electrons. The van der Waals surface area contributed by atoms with Gasteiger partial charge in [0.05, 0.1) is 12.1 Å². The standard InChI is InChI=1S/C27H31N3O4/c1-4-17-34-25-12-8-11-23-22(25)18-24(30(23)19-21-10-7-6-9-20(21)3)26(31)28-13-15-29(16-14-28)27(32)33-5-2/h4,6-12,18H,1,5,13-17,19H2,2-3H3. The first-order valence-electron chi connectivity index (χ1n) is 11.6. The molecule has 7 heteroatoms. The summed E-state index contributed by atoms with van der Waals surface area (Å²) in [6.07, 6.45) is 1.38. The van der Waals surface area contributed by atoms with Crippen molar-refractivity contribution in [3.05, 3.63) is 78.0 Å². The number of benzene rings is 2. The minimum absolute atomic E-state index is 0.0528. The molecule has 0 N–H and O–H groups in total. The summed E-state index contributed by atoms with van der Waals surface area (Å²) in [7, 11) is 0. The van der Waals surface area contributed by atoms with Crippen LogP contribution in [0.2, 0.25) is 0 Å². The van der Waals surface area contributed by atoms with Gasteiger partial charge in [0.2, 0.25) is 0 Å². The Balaban J connectivity index is 1.68. The Morgan fingerprint density at radius 2 is 1.76 bits per heavy atom. The minimum Gasteiger partial charge on any atom is -0.489 e. The molecule has 0 saturated carbocycles. The molecule has 4 rings (SSSR count). The predicted octanol–water partition coefficient (Wildman–Crippen LogP) is 4.48. The number of nitrogens with zero attached hydrogens (tertiary/aromatic N) is 3. The van der Waals surface area contributed by atoms with Gasteiger partial charge in [0.25, 0.3) is 5.91 Å². The zero-order valence-corrected chi connectivity index (χ0v) is 19.8. The van der Waals surface area contributed by atoms with Gasteiger partial charge in [-0.05, 0) is 43.2 Å². The van der Waals surface area contributed by atoms with E-state index in [-0.39, 0.29) is 12.0 Å². The fourth-order valence-corrected chi connectivity index (χ4v) is 4.31. The maximum absolute atomic E-state index is 13.7. The molecule has 1 fully saturated rings. The van der Waals surface area contributed by atoms with Crippen molar-refractivity contribution in [2.24, 2.45) is 0 Å². The summed E-state index contributed by atoms with van der Waals surface area (Å²) in [5, 5.41) is 0.895. The van der Waals surface area contributed by atoms with E-state index in [1.807, 2.05) is 41.3 Å². The van der Waals surface area contributed by atoms with E-state index in [1.54, 1.807) is 17.9 Å². The van der Waals surface area contributed by atoms with Crippen LogP contribution in [-0.4, -0.2) is 65.8 Å². The number of carbonyl (C=O) groups excluding carboxylic acids is 2. The number of ether oxygens (including phenoxy) is 2. The number of piperazine rings is 1. The lowest BCUT2D eigenvalue weighted by molar-refractivity contribution is 0.0563. The number of rotatable bonds is 7. The third-order valence-corrected chi connectivity index (χ3v) is 6.16. The van der Waals surface area contributed by atoms with E-state index in [4.69, 9.17) is 9.47 Å². The molecule has 7 nitrogen and oxygen atoms in total. The van der Waals surface area contributed by atoms with Crippen LogP contribution >= 0.6 is 0 Å². The summed E-state index contributed by atoms with van der Waals surface area (Å²) in [6.45, 7) is 10.7. The largest absolute Gasteiger partial charge is 0.489 e. The number of aryl methyl sites for hydroxylation is 1. The highest BCUT2D eigenvalue weighted by Gasteiger charge is 2.28. The molecule has 0 atom stereocenters. The van der Waals surface area contributed by atoms with Gasteiger partial charge in [0.1, 0.15) is 18.1 Å². The Bertz CT molecular complexity index is 1190. The average molecular weight is 462 g/mol. The lowest BCUT2D eigenvalue weighted by Crippen LogP contribution is -2.51. The lowest BCUT2D eigenvalue weighted by atomic mass is 10.1. The first-order valence-corrected chi connectivity index (χ1v) is 11.6. The molecule has 2 aromatic carbocycles. The third-order valence-electron chi connectivity index (χ3n) is 6.16. The summed E-state index contributed by atoms with van der Waals surface area (Å²) in [5.74, 6) is 0.671. The minimum atomic E-state index is -0.327. The van der Waals surface area contributed by atoms with E-state index in [9.17, 15) is 9.59 Å². The molecule has 1 saturated heterocycles. The number of hydrogen-bond acceptors (Lipinski definition) is 4. The number of aromatic nitrogens is 1. The number of amides is 2. The highest BCUT2D eigenvalue weighted by atomic mass is 16.6. The molecule has 178 valence electrons. The van der Waals surface area contributed by atoms with Gasteiger partial charge in [0.15, 0.2) is 0 Å². The van der Waals surface area contributed by atoms with Crippen LogP contribution in [0.25, 0.3) is 10.9 Å². The Hall–Kier alpha value is -3.74. The van der Waals surface area contributed by atoms with Crippen molar-refractivity contribution in [1.29, 1.82) is 0 Å². The molecule has 2 amide bonds. The molecular formula is C27H31N3O4. The molecule has 1 aliphatic rings. The van der Waals surface area contributed by atoms with Crippen LogP contribution in [0.5, 0.6) is 5.75 Å². The van der Waals surface area contributed by atoms with Gasteiger partial charge in [-0.3, -0.25) is 4.79 Å². The van der Waals surface area contributed by atoms with Crippen LogP contribution in [-0.2, 0) is 11.3 Å². The van der Waals surface area contributed by atoms with Gasteiger partial charge in [-0.25, -0.2) is 4.79 Å². The summed E-state index contributed by atoms with van der Waals surface area (Å²) >= 11 is 0. The monoisotopic (exact) mass is 461 g/mol. The zero-order valence-electron chi connectivity index (χ0n) is 19.8. The second-order valence-corrected chi connectivity index (χ2v) is 8.31. The van der Waals surface area contributed by atoms with E-state index in [0.29, 0.717) is 51.6 Å². The van der Waals surface area contributed by atoms with Crippen molar-refractivity contribution < 1.29 is 19.1 Å². The molecule has 3 aromatic rings.